The van der Waals surface area contributed by atoms with Crippen molar-refractivity contribution in [1.82, 2.24) is 10.2 Å². The lowest BCUT2D eigenvalue weighted by Crippen LogP contribution is -2.39. The van der Waals surface area contributed by atoms with Crippen LogP contribution in [0.3, 0.4) is 0 Å². The van der Waals surface area contributed by atoms with Crippen LogP contribution in [0.15, 0.2) is 42.6 Å². The maximum atomic E-state index is 5.17. The van der Waals surface area contributed by atoms with Crippen LogP contribution in [0.5, 0.6) is 0 Å². The Morgan fingerprint density at radius 2 is 2.00 bits per heavy atom. The average Bonchev–Trinajstić information content (AvgIpc) is 2.23. The molecule has 1 aromatic carbocycles. The minimum atomic E-state index is 0.255. The first-order valence-corrected chi connectivity index (χ1v) is 4.95. The number of benzene rings is 1. The molecule has 1 atom stereocenters. The molecule has 0 fully saturated rings. The fourth-order valence-electron chi connectivity index (χ4n) is 1.55. The summed E-state index contributed by atoms with van der Waals surface area (Å²) in [5.74, 6) is 0. The smallest absolute Gasteiger partial charge is 0.173 e. The van der Waals surface area contributed by atoms with Crippen LogP contribution < -0.4 is 5.32 Å². The van der Waals surface area contributed by atoms with Gasteiger partial charge in [-0.15, -0.1) is 0 Å². The van der Waals surface area contributed by atoms with E-state index in [0.717, 1.165) is 5.11 Å². The van der Waals surface area contributed by atoms with Crippen LogP contribution >= 0.6 is 12.2 Å². The van der Waals surface area contributed by atoms with E-state index in [0.29, 0.717) is 0 Å². The topological polar surface area (TPSA) is 15.3 Å². The van der Waals surface area contributed by atoms with Crippen LogP contribution in [0.1, 0.15) is 11.6 Å². The summed E-state index contributed by atoms with van der Waals surface area (Å²) in [7, 11) is 2.00. The van der Waals surface area contributed by atoms with Gasteiger partial charge in [0, 0.05) is 13.2 Å². The second kappa shape index (κ2) is 3.80. The van der Waals surface area contributed by atoms with Crippen LogP contribution in [0.25, 0.3) is 0 Å². The van der Waals surface area contributed by atoms with Gasteiger partial charge in [-0.2, -0.15) is 0 Å². The summed E-state index contributed by atoms with van der Waals surface area (Å²) in [5, 5.41) is 3.77. The fourth-order valence-corrected chi connectivity index (χ4v) is 1.73. The highest BCUT2D eigenvalue weighted by atomic mass is 32.1. The van der Waals surface area contributed by atoms with Gasteiger partial charge >= 0.3 is 0 Å². The highest BCUT2D eigenvalue weighted by Gasteiger charge is 2.18. The molecule has 2 rings (SSSR count). The summed E-state index contributed by atoms with van der Waals surface area (Å²) < 4.78 is 0. The Labute approximate surface area is 89.2 Å². The van der Waals surface area contributed by atoms with E-state index in [2.05, 4.69) is 23.5 Å². The molecule has 1 aromatic rings. The average molecular weight is 204 g/mol. The van der Waals surface area contributed by atoms with Gasteiger partial charge in [0.15, 0.2) is 5.11 Å². The Kier molecular flexibility index (Phi) is 2.50. The van der Waals surface area contributed by atoms with Gasteiger partial charge in [0.2, 0.25) is 0 Å². The Balaban J connectivity index is 2.31. The van der Waals surface area contributed by atoms with E-state index in [1.165, 1.54) is 5.56 Å². The van der Waals surface area contributed by atoms with Crippen molar-refractivity contribution in [3.63, 3.8) is 0 Å². The standard InChI is InChI=1S/C11H12N2S/c1-13-10(7-8-12-11(13)14)9-5-3-2-4-6-9/h2-8,10H,1H3,(H,12,14)/t10-/m1/s1. The van der Waals surface area contributed by atoms with Crippen molar-refractivity contribution in [2.45, 2.75) is 6.04 Å². The molecule has 0 aliphatic carbocycles. The van der Waals surface area contributed by atoms with Crippen molar-refractivity contribution < 1.29 is 0 Å². The summed E-state index contributed by atoms with van der Waals surface area (Å²) in [4.78, 5) is 2.05. The van der Waals surface area contributed by atoms with E-state index in [-0.39, 0.29) is 6.04 Å². The molecule has 3 heteroatoms. The van der Waals surface area contributed by atoms with Crippen molar-refractivity contribution >= 4 is 17.3 Å². The molecule has 0 saturated heterocycles. The van der Waals surface area contributed by atoms with Gasteiger partial charge in [-0.3, -0.25) is 0 Å². The Bertz CT molecular complexity index is 359. The first kappa shape index (κ1) is 9.21. The number of likely N-dealkylation sites (N-methyl/N-ethyl adjacent to an activating group) is 1. The maximum absolute atomic E-state index is 5.17. The lowest BCUT2D eigenvalue weighted by atomic mass is 10.1. The first-order chi connectivity index (χ1) is 6.79. The SMILES string of the molecule is CN1C(=S)NC=C[C@@H]1c1ccccc1. The normalized spacial score (nSPS) is 20.8. The van der Waals surface area contributed by atoms with Crippen molar-refractivity contribution in [3.05, 3.63) is 48.2 Å². The van der Waals surface area contributed by atoms with Crippen molar-refractivity contribution in [2.75, 3.05) is 7.05 Å². The molecule has 14 heavy (non-hydrogen) atoms. The third-order valence-corrected chi connectivity index (χ3v) is 2.77. The molecule has 1 heterocycles. The van der Waals surface area contributed by atoms with Gasteiger partial charge < -0.3 is 10.2 Å². The van der Waals surface area contributed by atoms with E-state index in [1.54, 1.807) is 0 Å². The predicted molar refractivity (Wildman–Crippen MR) is 61.8 cm³/mol. The Morgan fingerprint density at radius 3 is 2.71 bits per heavy atom. The molecule has 0 spiro atoms. The first-order valence-electron chi connectivity index (χ1n) is 4.54. The summed E-state index contributed by atoms with van der Waals surface area (Å²) in [6.07, 6.45) is 4.01. The van der Waals surface area contributed by atoms with Crippen LogP contribution in [0.2, 0.25) is 0 Å². The molecule has 1 aliphatic heterocycles. The monoisotopic (exact) mass is 204 g/mol. The fraction of sp³-hybridized carbons (Fsp3) is 0.182. The molecule has 0 saturated carbocycles. The van der Waals surface area contributed by atoms with Gasteiger partial charge in [0.25, 0.3) is 0 Å². The molecule has 0 radical (unpaired) electrons. The van der Waals surface area contributed by atoms with Gasteiger partial charge in [0.1, 0.15) is 0 Å². The van der Waals surface area contributed by atoms with Crippen molar-refractivity contribution in [3.8, 4) is 0 Å². The Hall–Kier alpha value is -1.35. The molecule has 72 valence electrons. The van der Waals surface area contributed by atoms with Crippen LogP contribution in [0, 0.1) is 0 Å². The predicted octanol–water partition coefficient (Wildman–Crippen LogP) is 2.06. The van der Waals surface area contributed by atoms with Crippen LogP contribution in [0.4, 0.5) is 0 Å². The molecule has 0 unspecified atom stereocenters. The van der Waals surface area contributed by atoms with Gasteiger partial charge in [0.05, 0.1) is 6.04 Å². The molecule has 1 aliphatic rings. The number of nitrogens with one attached hydrogen (secondary N) is 1. The van der Waals surface area contributed by atoms with E-state index in [4.69, 9.17) is 12.2 Å². The lowest BCUT2D eigenvalue weighted by Gasteiger charge is -2.31. The third-order valence-electron chi connectivity index (χ3n) is 2.36. The molecule has 0 amide bonds. The minimum Gasteiger partial charge on any atom is -0.341 e. The second-order valence-electron chi connectivity index (χ2n) is 3.28. The minimum absolute atomic E-state index is 0.255. The van der Waals surface area contributed by atoms with Crippen LogP contribution in [-0.2, 0) is 0 Å². The molecule has 2 nitrogen and oxygen atoms in total. The zero-order chi connectivity index (χ0) is 9.97. The molecule has 1 N–H and O–H groups in total. The van der Waals surface area contributed by atoms with E-state index < -0.39 is 0 Å². The Morgan fingerprint density at radius 1 is 1.29 bits per heavy atom. The summed E-state index contributed by atoms with van der Waals surface area (Å²) in [5.41, 5.74) is 1.26. The third kappa shape index (κ3) is 1.63. The van der Waals surface area contributed by atoms with Crippen molar-refractivity contribution in [1.29, 1.82) is 0 Å². The highest BCUT2D eigenvalue weighted by molar-refractivity contribution is 7.80. The van der Waals surface area contributed by atoms with E-state index in [1.807, 2.05) is 36.3 Å². The largest absolute Gasteiger partial charge is 0.341 e. The zero-order valence-electron chi connectivity index (χ0n) is 7.97. The number of thiocarbonyl (C=S) groups is 1. The number of hydrogen-bond acceptors (Lipinski definition) is 1. The quantitative estimate of drug-likeness (QED) is 0.705. The molecule has 0 bridgehead atoms. The highest BCUT2D eigenvalue weighted by Crippen LogP contribution is 2.22. The van der Waals surface area contributed by atoms with Crippen molar-refractivity contribution in [2.24, 2.45) is 0 Å². The van der Waals surface area contributed by atoms with E-state index >= 15 is 0 Å². The number of hydrogen-bond donors (Lipinski definition) is 1. The number of rotatable bonds is 1. The maximum Gasteiger partial charge on any atom is 0.173 e. The number of nitrogens with zero attached hydrogens (tertiary/aromatic N) is 1. The van der Waals surface area contributed by atoms with Gasteiger partial charge in [-0.1, -0.05) is 30.3 Å². The van der Waals surface area contributed by atoms with Gasteiger partial charge in [-0.25, -0.2) is 0 Å². The summed E-state index contributed by atoms with van der Waals surface area (Å²) >= 11 is 5.17. The summed E-state index contributed by atoms with van der Waals surface area (Å²) in [6, 6.07) is 10.6. The lowest BCUT2D eigenvalue weighted by molar-refractivity contribution is 0.425. The molecular formula is C11H12N2S. The van der Waals surface area contributed by atoms with E-state index in [9.17, 15) is 0 Å². The van der Waals surface area contributed by atoms with Crippen LogP contribution in [-0.4, -0.2) is 17.1 Å². The van der Waals surface area contributed by atoms with Gasteiger partial charge in [-0.05, 0) is 23.9 Å². The second-order valence-corrected chi connectivity index (χ2v) is 3.66. The summed E-state index contributed by atoms with van der Waals surface area (Å²) in [6.45, 7) is 0. The zero-order valence-corrected chi connectivity index (χ0v) is 8.79. The molecule has 0 aromatic heterocycles. The molecular weight excluding hydrogens is 192 g/mol.